The first-order valence-corrected chi connectivity index (χ1v) is 8.43. The van der Waals surface area contributed by atoms with Gasteiger partial charge in [-0.3, -0.25) is 0 Å². The summed E-state index contributed by atoms with van der Waals surface area (Å²) < 4.78 is 0. The van der Waals surface area contributed by atoms with Crippen molar-refractivity contribution in [1.82, 2.24) is 15.2 Å². The largest absolute Gasteiger partial charge is 0.357 e. The van der Waals surface area contributed by atoms with E-state index < -0.39 is 0 Å². The number of nitrogens with one attached hydrogen (secondary N) is 1. The predicted octanol–water partition coefficient (Wildman–Crippen LogP) is 4.32. The second-order valence-corrected chi connectivity index (χ2v) is 6.77. The molecule has 2 rings (SSSR count). The van der Waals surface area contributed by atoms with Gasteiger partial charge in [-0.15, -0.1) is 35.3 Å². The van der Waals surface area contributed by atoms with Gasteiger partial charge in [-0.05, 0) is 31.5 Å². The summed E-state index contributed by atoms with van der Waals surface area (Å²) in [5, 5.41) is 5.11. The van der Waals surface area contributed by atoms with Gasteiger partial charge in [0.1, 0.15) is 5.01 Å². The average molecular weight is 465 g/mol. The van der Waals surface area contributed by atoms with Crippen LogP contribution in [0.2, 0.25) is 5.02 Å². The van der Waals surface area contributed by atoms with E-state index in [1.54, 1.807) is 11.3 Å². The summed E-state index contributed by atoms with van der Waals surface area (Å²) in [5.74, 6) is 0.880. The molecule has 0 unspecified atom stereocenters. The number of aromatic nitrogens is 1. The fourth-order valence-corrected chi connectivity index (χ4v) is 2.86. The Balaban J connectivity index is 0.00000264. The molecule has 0 radical (unpaired) electrons. The number of thiazole rings is 1. The lowest BCUT2D eigenvalue weighted by atomic mass is 10.2. The van der Waals surface area contributed by atoms with E-state index in [1.807, 2.05) is 37.5 Å². The molecular weight excluding hydrogens is 443 g/mol. The van der Waals surface area contributed by atoms with Crippen LogP contribution in [0.4, 0.5) is 0 Å². The van der Waals surface area contributed by atoms with Crippen LogP contribution >= 0.6 is 46.9 Å². The van der Waals surface area contributed by atoms with Crippen molar-refractivity contribution in [3.8, 4) is 0 Å². The molecule has 0 saturated heterocycles. The minimum absolute atomic E-state index is 0. The normalized spacial score (nSPS) is 11.0. The SMILES string of the molecule is CCNC(=NCc1ncc(C)s1)N(C)Cc1ccc(Cl)cc1.I. The number of rotatable bonds is 5. The maximum Gasteiger partial charge on any atom is 0.194 e. The monoisotopic (exact) mass is 464 g/mol. The maximum absolute atomic E-state index is 5.92. The van der Waals surface area contributed by atoms with Crippen LogP contribution in [0.5, 0.6) is 0 Å². The van der Waals surface area contributed by atoms with Gasteiger partial charge in [0.15, 0.2) is 5.96 Å². The van der Waals surface area contributed by atoms with Crippen molar-refractivity contribution in [1.29, 1.82) is 0 Å². The lowest BCUT2D eigenvalue weighted by Gasteiger charge is -2.22. The van der Waals surface area contributed by atoms with Crippen LogP contribution in [0.1, 0.15) is 22.4 Å². The van der Waals surface area contributed by atoms with Gasteiger partial charge in [0.25, 0.3) is 0 Å². The Morgan fingerprint density at radius 2 is 2.04 bits per heavy atom. The summed E-state index contributed by atoms with van der Waals surface area (Å²) in [6.45, 7) is 6.34. The quantitative estimate of drug-likeness (QED) is 0.407. The van der Waals surface area contributed by atoms with Gasteiger partial charge in [-0.1, -0.05) is 23.7 Å². The van der Waals surface area contributed by atoms with Gasteiger partial charge < -0.3 is 10.2 Å². The van der Waals surface area contributed by atoms with Crippen molar-refractivity contribution in [2.45, 2.75) is 26.9 Å². The zero-order valence-electron chi connectivity index (χ0n) is 13.5. The minimum atomic E-state index is 0. The van der Waals surface area contributed by atoms with Crippen LogP contribution in [0.15, 0.2) is 35.5 Å². The molecule has 1 N–H and O–H groups in total. The number of aliphatic imine (C=N–C) groups is 1. The Morgan fingerprint density at radius 1 is 1.35 bits per heavy atom. The molecule has 4 nitrogen and oxygen atoms in total. The summed E-state index contributed by atoms with van der Waals surface area (Å²) in [5.41, 5.74) is 1.20. The molecular formula is C16H22ClIN4S. The summed E-state index contributed by atoms with van der Waals surface area (Å²) >= 11 is 7.61. The van der Waals surface area contributed by atoms with Gasteiger partial charge in [0.2, 0.25) is 0 Å². The Labute approximate surface area is 164 Å². The van der Waals surface area contributed by atoms with Crippen LogP contribution in [0.3, 0.4) is 0 Å². The maximum atomic E-state index is 5.92. The molecule has 7 heteroatoms. The lowest BCUT2D eigenvalue weighted by molar-refractivity contribution is 0.477. The molecule has 0 aliphatic rings. The second-order valence-electron chi connectivity index (χ2n) is 5.02. The van der Waals surface area contributed by atoms with Gasteiger partial charge >= 0.3 is 0 Å². The van der Waals surface area contributed by atoms with Crippen LogP contribution < -0.4 is 5.32 Å². The topological polar surface area (TPSA) is 40.5 Å². The summed E-state index contributed by atoms with van der Waals surface area (Å²) in [7, 11) is 2.03. The molecule has 0 aliphatic heterocycles. The third-order valence-corrected chi connectivity index (χ3v) is 4.21. The summed E-state index contributed by atoms with van der Waals surface area (Å²) in [4.78, 5) is 12.3. The standard InChI is InChI=1S/C16H21ClN4S.HI/c1-4-18-16(20-10-15-19-9-12(2)22-15)21(3)11-13-5-7-14(17)8-6-13;/h5-9H,4,10-11H2,1-3H3,(H,18,20);1H. The molecule has 126 valence electrons. The number of nitrogens with zero attached hydrogens (tertiary/aromatic N) is 3. The molecule has 0 spiro atoms. The van der Waals surface area contributed by atoms with Crippen LogP contribution in [-0.2, 0) is 13.1 Å². The molecule has 23 heavy (non-hydrogen) atoms. The van der Waals surface area contributed by atoms with E-state index in [0.717, 1.165) is 29.1 Å². The molecule has 1 aromatic heterocycles. The summed E-state index contributed by atoms with van der Waals surface area (Å²) in [6.07, 6.45) is 1.89. The Bertz CT molecular complexity index is 627. The fraction of sp³-hybridized carbons (Fsp3) is 0.375. The highest BCUT2D eigenvalue weighted by atomic mass is 127. The first kappa shape index (κ1) is 20.2. The number of hydrogen-bond acceptors (Lipinski definition) is 3. The van der Waals surface area contributed by atoms with Gasteiger partial charge in [-0.25, -0.2) is 9.98 Å². The van der Waals surface area contributed by atoms with E-state index in [9.17, 15) is 0 Å². The number of halogens is 2. The van der Waals surface area contributed by atoms with Crippen LogP contribution in [0, 0.1) is 6.92 Å². The van der Waals surface area contributed by atoms with E-state index in [4.69, 9.17) is 11.6 Å². The third kappa shape index (κ3) is 6.64. The molecule has 1 heterocycles. The van der Waals surface area contributed by atoms with Crippen LogP contribution in [-0.4, -0.2) is 29.4 Å². The zero-order valence-corrected chi connectivity index (χ0v) is 17.4. The lowest BCUT2D eigenvalue weighted by Crippen LogP contribution is -2.38. The van der Waals surface area contributed by atoms with E-state index >= 15 is 0 Å². The predicted molar refractivity (Wildman–Crippen MR) is 110 cm³/mol. The molecule has 0 fully saturated rings. The highest BCUT2D eigenvalue weighted by Crippen LogP contribution is 2.13. The number of aryl methyl sites for hydroxylation is 1. The highest BCUT2D eigenvalue weighted by Gasteiger charge is 2.07. The Hall–Kier alpha value is -0.860. The first-order valence-electron chi connectivity index (χ1n) is 7.23. The minimum Gasteiger partial charge on any atom is -0.357 e. The van der Waals surface area contributed by atoms with E-state index in [-0.39, 0.29) is 24.0 Å². The summed E-state index contributed by atoms with van der Waals surface area (Å²) in [6, 6.07) is 7.89. The van der Waals surface area contributed by atoms with Crippen LogP contribution in [0.25, 0.3) is 0 Å². The third-order valence-electron chi connectivity index (χ3n) is 3.06. The number of benzene rings is 1. The van der Waals surface area contributed by atoms with Crippen molar-refractivity contribution >= 4 is 52.9 Å². The van der Waals surface area contributed by atoms with E-state index in [0.29, 0.717) is 6.54 Å². The van der Waals surface area contributed by atoms with E-state index in [1.165, 1.54) is 10.4 Å². The van der Waals surface area contributed by atoms with E-state index in [2.05, 4.69) is 34.0 Å². The zero-order chi connectivity index (χ0) is 15.9. The van der Waals surface area contributed by atoms with Crippen molar-refractivity contribution in [2.24, 2.45) is 4.99 Å². The number of guanidine groups is 1. The van der Waals surface area contributed by atoms with Gasteiger partial charge in [0, 0.05) is 36.2 Å². The first-order chi connectivity index (χ1) is 10.6. The molecule has 1 aromatic carbocycles. The molecule has 2 aromatic rings. The second kappa shape index (κ2) is 10.1. The molecule has 0 aliphatic carbocycles. The Kier molecular flexibility index (Phi) is 8.86. The van der Waals surface area contributed by atoms with Crippen molar-refractivity contribution < 1.29 is 0 Å². The molecule has 0 bridgehead atoms. The average Bonchev–Trinajstić information content (AvgIpc) is 2.91. The molecule has 0 atom stereocenters. The fourth-order valence-electron chi connectivity index (χ4n) is 2.03. The smallest absolute Gasteiger partial charge is 0.194 e. The molecule has 0 amide bonds. The van der Waals surface area contributed by atoms with Crippen molar-refractivity contribution in [2.75, 3.05) is 13.6 Å². The highest BCUT2D eigenvalue weighted by molar-refractivity contribution is 14.0. The van der Waals surface area contributed by atoms with Crippen molar-refractivity contribution in [3.63, 3.8) is 0 Å². The molecule has 0 saturated carbocycles. The Morgan fingerprint density at radius 3 is 2.61 bits per heavy atom. The van der Waals surface area contributed by atoms with Gasteiger partial charge in [-0.2, -0.15) is 0 Å². The van der Waals surface area contributed by atoms with Crippen molar-refractivity contribution in [3.05, 3.63) is 50.9 Å². The number of hydrogen-bond donors (Lipinski definition) is 1. The van der Waals surface area contributed by atoms with Gasteiger partial charge in [0.05, 0.1) is 6.54 Å².